The van der Waals surface area contributed by atoms with E-state index in [1.165, 1.54) is 25.7 Å². The van der Waals surface area contributed by atoms with Gasteiger partial charge in [0.05, 0.1) is 0 Å². The van der Waals surface area contributed by atoms with Crippen LogP contribution < -0.4 is 0 Å². The van der Waals surface area contributed by atoms with E-state index in [1.54, 1.807) is 6.07 Å². The van der Waals surface area contributed by atoms with Crippen LogP contribution in [0.25, 0.3) is 0 Å². The maximum atomic E-state index is 12.2. The van der Waals surface area contributed by atoms with Gasteiger partial charge >= 0.3 is 0 Å². The Labute approximate surface area is 109 Å². The number of aromatic nitrogens is 1. The minimum Gasteiger partial charge on any atom is -0.337 e. The van der Waals surface area contributed by atoms with Crippen LogP contribution in [-0.4, -0.2) is 28.9 Å². The summed E-state index contributed by atoms with van der Waals surface area (Å²) in [6.07, 6.45) is 5.08. The Hall–Kier alpha value is -0.900. The molecule has 2 aliphatic rings. The van der Waals surface area contributed by atoms with Crippen LogP contribution in [0.4, 0.5) is 0 Å². The summed E-state index contributed by atoms with van der Waals surface area (Å²) in [5, 5.41) is 0. The number of nitrogens with zero attached hydrogens (tertiary/aromatic N) is 2. The molecule has 3 nitrogen and oxygen atoms in total. The third-order valence-corrected chi connectivity index (χ3v) is 4.44. The number of halogens is 1. The molecule has 0 unspecified atom stereocenters. The molecular formula is C13H15BrN2O. The van der Waals surface area contributed by atoms with Crippen molar-refractivity contribution in [2.24, 2.45) is 5.41 Å². The van der Waals surface area contributed by atoms with Gasteiger partial charge in [-0.05, 0) is 59.2 Å². The molecule has 17 heavy (non-hydrogen) atoms. The first-order chi connectivity index (χ1) is 8.19. The Morgan fingerprint density at radius 1 is 1.24 bits per heavy atom. The number of hydrogen-bond donors (Lipinski definition) is 0. The van der Waals surface area contributed by atoms with Gasteiger partial charge in [-0.1, -0.05) is 6.07 Å². The Morgan fingerprint density at radius 2 is 1.94 bits per heavy atom. The van der Waals surface area contributed by atoms with Crippen molar-refractivity contribution in [2.45, 2.75) is 25.7 Å². The molecule has 90 valence electrons. The number of likely N-dealkylation sites (tertiary alicyclic amines) is 1. The zero-order valence-electron chi connectivity index (χ0n) is 9.66. The van der Waals surface area contributed by atoms with Crippen LogP contribution in [0.3, 0.4) is 0 Å². The van der Waals surface area contributed by atoms with Gasteiger partial charge in [-0.3, -0.25) is 4.79 Å². The number of rotatable bonds is 1. The zero-order chi connectivity index (χ0) is 11.9. The molecule has 1 aliphatic carbocycles. The van der Waals surface area contributed by atoms with E-state index in [1.807, 2.05) is 17.0 Å². The van der Waals surface area contributed by atoms with E-state index in [9.17, 15) is 4.79 Å². The molecule has 1 saturated heterocycles. The van der Waals surface area contributed by atoms with Gasteiger partial charge in [-0.2, -0.15) is 0 Å². The molecule has 2 fully saturated rings. The Balaban J connectivity index is 1.70. The van der Waals surface area contributed by atoms with Crippen molar-refractivity contribution in [2.75, 3.05) is 13.1 Å². The lowest BCUT2D eigenvalue weighted by atomic mass is 9.93. The minimum atomic E-state index is 0.0711. The van der Waals surface area contributed by atoms with E-state index >= 15 is 0 Å². The fraction of sp³-hybridized carbons (Fsp3) is 0.538. The predicted molar refractivity (Wildman–Crippen MR) is 68.7 cm³/mol. The number of piperidine rings is 1. The Kier molecular flexibility index (Phi) is 2.69. The van der Waals surface area contributed by atoms with Gasteiger partial charge in [0.15, 0.2) is 0 Å². The molecule has 4 heteroatoms. The van der Waals surface area contributed by atoms with E-state index in [4.69, 9.17) is 0 Å². The molecular weight excluding hydrogens is 280 g/mol. The first-order valence-electron chi connectivity index (χ1n) is 6.10. The number of carbonyl (C=O) groups is 1. The Bertz CT molecular complexity index is 446. The van der Waals surface area contributed by atoms with Gasteiger partial charge in [0, 0.05) is 13.1 Å². The van der Waals surface area contributed by atoms with E-state index in [0.29, 0.717) is 11.1 Å². The van der Waals surface area contributed by atoms with Crippen LogP contribution in [0, 0.1) is 5.41 Å². The van der Waals surface area contributed by atoms with Crippen molar-refractivity contribution in [1.29, 1.82) is 0 Å². The van der Waals surface area contributed by atoms with Crippen LogP contribution >= 0.6 is 15.9 Å². The van der Waals surface area contributed by atoms with E-state index in [0.717, 1.165) is 17.7 Å². The molecule has 1 spiro atoms. The third-order valence-electron chi connectivity index (χ3n) is 4.00. The monoisotopic (exact) mass is 294 g/mol. The summed E-state index contributed by atoms with van der Waals surface area (Å²) in [6, 6.07) is 5.48. The standard InChI is InChI=1S/C13H15BrN2O/c14-11-3-1-2-10(15-11)12(17)16-8-6-13(4-5-13)7-9-16/h1-3H,4-9H2. The molecule has 1 aliphatic heterocycles. The van der Waals surface area contributed by atoms with Crippen molar-refractivity contribution in [1.82, 2.24) is 9.88 Å². The van der Waals surface area contributed by atoms with Crippen LogP contribution in [0.5, 0.6) is 0 Å². The van der Waals surface area contributed by atoms with Gasteiger partial charge in [-0.15, -0.1) is 0 Å². The van der Waals surface area contributed by atoms with Gasteiger partial charge in [0.1, 0.15) is 10.3 Å². The lowest BCUT2D eigenvalue weighted by Gasteiger charge is -2.31. The first kappa shape index (κ1) is 11.2. The fourth-order valence-electron chi connectivity index (χ4n) is 2.55. The number of hydrogen-bond acceptors (Lipinski definition) is 2. The average molecular weight is 295 g/mol. The summed E-state index contributed by atoms with van der Waals surface area (Å²) < 4.78 is 0.721. The SMILES string of the molecule is O=C(c1cccc(Br)n1)N1CCC2(CC1)CC2. The molecule has 0 radical (unpaired) electrons. The summed E-state index contributed by atoms with van der Waals surface area (Å²) in [7, 11) is 0. The maximum Gasteiger partial charge on any atom is 0.272 e. The highest BCUT2D eigenvalue weighted by molar-refractivity contribution is 9.10. The first-order valence-corrected chi connectivity index (χ1v) is 6.90. The molecule has 3 rings (SSSR count). The second kappa shape index (κ2) is 4.09. The van der Waals surface area contributed by atoms with E-state index < -0.39 is 0 Å². The van der Waals surface area contributed by atoms with Gasteiger partial charge in [-0.25, -0.2) is 4.98 Å². The van der Waals surface area contributed by atoms with Crippen molar-refractivity contribution >= 4 is 21.8 Å². The molecule has 1 aromatic heterocycles. The summed E-state index contributed by atoms with van der Waals surface area (Å²) in [5.41, 5.74) is 1.16. The molecule has 0 bridgehead atoms. The van der Waals surface area contributed by atoms with Gasteiger partial charge in [0.25, 0.3) is 5.91 Å². The average Bonchev–Trinajstić information content (AvgIpc) is 3.09. The summed E-state index contributed by atoms with van der Waals surface area (Å²) >= 11 is 3.30. The number of carbonyl (C=O) groups excluding carboxylic acids is 1. The number of amides is 1. The van der Waals surface area contributed by atoms with Gasteiger partial charge in [0.2, 0.25) is 0 Å². The van der Waals surface area contributed by atoms with Crippen LogP contribution in [0.15, 0.2) is 22.8 Å². The topological polar surface area (TPSA) is 33.2 Å². The highest BCUT2D eigenvalue weighted by atomic mass is 79.9. The van der Waals surface area contributed by atoms with Crippen molar-refractivity contribution in [3.8, 4) is 0 Å². The smallest absolute Gasteiger partial charge is 0.272 e. The lowest BCUT2D eigenvalue weighted by molar-refractivity contribution is 0.0672. The zero-order valence-corrected chi connectivity index (χ0v) is 11.2. The lowest BCUT2D eigenvalue weighted by Crippen LogP contribution is -2.39. The van der Waals surface area contributed by atoms with Crippen molar-refractivity contribution in [3.05, 3.63) is 28.5 Å². The minimum absolute atomic E-state index is 0.0711. The molecule has 1 saturated carbocycles. The van der Waals surface area contributed by atoms with E-state index in [-0.39, 0.29) is 5.91 Å². The van der Waals surface area contributed by atoms with Crippen molar-refractivity contribution in [3.63, 3.8) is 0 Å². The van der Waals surface area contributed by atoms with Crippen LogP contribution in [-0.2, 0) is 0 Å². The molecule has 0 N–H and O–H groups in total. The normalized spacial score (nSPS) is 21.6. The molecule has 0 atom stereocenters. The van der Waals surface area contributed by atoms with Crippen molar-refractivity contribution < 1.29 is 4.79 Å². The quantitative estimate of drug-likeness (QED) is 0.746. The Morgan fingerprint density at radius 3 is 2.53 bits per heavy atom. The molecule has 1 aromatic rings. The highest BCUT2D eigenvalue weighted by Gasteiger charge is 2.45. The largest absolute Gasteiger partial charge is 0.337 e. The third kappa shape index (κ3) is 2.23. The molecule has 0 aromatic carbocycles. The summed E-state index contributed by atoms with van der Waals surface area (Å²) in [6.45, 7) is 1.79. The second-order valence-corrected chi connectivity index (χ2v) is 5.95. The van der Waals surface area contributed by atoms with Crippen LogP contribution in [0.2, 0.25) is 0 Å². The molecule has 1 amide bonds. The van der Waals surface area contributed by atoms with E-state index in [2.05, 4.69) is 20.9 Å². The number of pyridine rings is 1. The summed E-state index contributed by atoms with van der Waals surface area (Å²) in [5.74, 6) is 0.0711. The maximum absolute atomic E-state index is 12.2. The highest BCUT2D eigenvalue weighted by Crippen LogP contribution is 2.53. The summed E-state index contributed by atoms with van der Waals surface area (Å²) in [4.78, 5) is 18.4. The fourth-order valence-corrected chi connectivity index (χ4v) is 2.89. The van der Waals surface area contributed by atoms with Gasteiger partial charge < -0.3 is 4.90 Å². The second-order valence-electron chi connectivity index (χ2n) is 5.14. The predicted octanol–water partition coefficient (Wildman–Crippen LogP) is 2.86. The van der Waals surface area contributed by atoms with Crippen LogP contribution in [0.1, 0.15) is 36.2 Å². The molecule has 2 heterocycles.